The smallest absolute Gasteiger partial charge is 0.326 e. The van der Waals surface area contributed by atoms with Crippen molar-refractivity contribution in [1.82, 2.24) is 4.90 Å². The third-order valence-corrected chi connectivity index (χ3v) is 8.24. The molecular formula is C27H21ClN2O8. The summed E-state index contributed by atoms with van der Waals surface area (Å²) in [5, 5.41) is 11.3. The minimum absolute atomic E-state index is 0.0567. The molecule has 7 rings (SSSR count). The van der Waals surface area contributed by atoms with Gasteiger partial charge < -0.3 is 9.47 Å². The Balaban J connectivity index is 1.04. The van der Waals surface area contributed by atoms with Crippen LogP contribution in [-0.2, 0) is 19.1 Å². The van der Waals surface area contributed by atoms with Crippen LogP contribution >= 0.6 is 11.6 Å². The quantitative estimate of drug-likeness (QED) is 0.124. The average Bonchev–Trinajstić information content (AvgIpc) is 3.69. The number of halogens is 1. The number of nitrogens with zero attached hydrogens (tertiary/aromatic N) is 2. The number of rotatable bonds is 8. The number of hydrogen-bond donors (Lipinski definition) is 0. The van der Waals surface area contributed by atoms with Crippen molar-refractivity contribution in [2.75, 3.05) is 13.2 Å². The summed E-state index contributed by atoms with van der Waals surface area (Å²) in [6.45, 7) is -1.09. The molecule has 2 amide bonds. The fraction of sp³-hybridized carbons (Fsp3) is 0.333. The Morgan fingerprint density at radius 3 is 2.24 bits per heavy atom. The van der Waals surface area contributed by atoms with Gasteiger partial charge in [-0.3, -0.25) is 34.2 Å². The highest BCUT2D eigenvalue weighted by Gasteiger charge is 2.67. The lowest BCUT2D eigenvalue weighted by atomic mass is 9.63. The molecule has 5 aliphatic rings. The van der Waals surface area contributed by atoms with Gasteiger partial charge in [0.25, 0.3) is 0 Å². The molecule has 6 atom stereocenters. The van der Waals surface area contributed by atoms with Crippen molar-refractivity contribution in [2.45, 2.75) is 6.42 Å². The molecule has 2 bridgehead atoms. The Bertz CT molecular complexity index is 1380. The highest BCUT2D eigenvalue weighted by molar-refractivity contribution is 6.32. The first kappa shape index (κ1) is 24.3. The van der Waals surface area contributed by atoms with E-state index < -0.39 is 41.7 Å². The number of Topliss-reactive ketones (excluding diaryl/α,β-unsaturated/α-hetero) is 1. The summed E-state index contributed by atoms with van der Waals surface area (Å²) in [5.41, 5.74) is -0.0977. The van der Waals surface area contributed by atoms with Gasteiger partial charge in [0.2, 0.25) is 17.6 Å². The monoisotopic (exact) mass is 536 g/mol. The summed E-state index contributed by atoms with van der Waals surface area (Å²) in [4.78, 5) is 62.5. The van der Waals surface area contributed by atoms with E-state index in [9.17, 15) is 29.3 Å². The molecule has 4 aliphatic carbocycles. The van der Waals surface area contributed by atoms with E-state index in [-0.39, 0.29) is 51.4 Å². The molecule has 0 N–H and O–H groups in total. The van der Waals surface area contributed by atoms with Gasteiger partial charge in [-0.25, -0.2) is 0 Å². The molecule has 1 heterocycles. The van der Waals surface area contributed by atoms with Gasteiger partial charge in [0.1, 0.15) is 12.3 Å². The van der Waals surface area contributed by atoms with Gasteiger partial charge in [0.15, 0.2) is 12.4 Å². The molecular weight excluding hydrogens is 516 g/mol. The molecule has 11 heteroatoms. The zero-order valence-corrected chi connectivity index (χ0v) is 20.6. The van der Waals surface area contributed by atoms with E-state index in [1.54, 1.807) is 0 Å². The Kier molecular flexibility index (Phi) is 5.79. The summed E-state index contributed by atoms with van der Waals surface area (Å²) in [7, 11) is 0. The number of imide groups is 1. The molecule has 2 aromatic carbocycles. The van der Waals surface area contributed by atoms with Gasteiger partial charge in [-0.15, -0.1) is 0 Å². The number of allylic oxidation sites excluding steroid dienone is 2. The van der Waals surface area contributed by atoms with Crippen molar-refractivity contribution in [2.24, 2.45) is 35.5 Å². The SMILES string of the molecule is O=C(CN1C(=O)[C@@H]2[C@@H]3C=C[C@@H]([C@H]4C[C@@H]34)[C@@H]2C1=O)OCC(=O)c1ccc(Oc2c(Cl)cccc2[N+](=O)[O-])cc1. The first-order chi connectivity index (χ1) is 18.2. The number of ether oxygens (including phenoxy) is 2. The lowest BCUT2D eigenvalue weighted by molar-refractivity contribution is -0.385. The second-order valence-corrected chi connectivity index (χ2v) is 10.4. The zero-order chi connectivity index (χ0) is 26.7. The number of ketones is 1. The van der Waals surface area contributed by atoms with Gasteiger partial charge in [0, 0.05) is 11.6 Å². The Hall–Kier alpha value is -4.05. The van der Waals surface area contributed by atoms with E-state index in [0.717, 1.165) is 11.3 Å². The maximum atomic E-state index is 13.0. The van der Waals surface area contributed by atoms with Crippen LogP contribution in [0.25, 0.3) is 0 Å². The number of nitro benzene ring substituents is 1. The van der Waals surface area contributed by atoms with Gasteiger partial charge in [-0.1, -0.05) is 29.8 Å². The number of likely N-dealkylation sites (tertiary alicyclic amines) is 1. The number of nitro groups is 1. The Labute approximate surface area is 221 Å². The molecule has 2 aromatic rings. The standard InChI is InChI=1S/C27H21ClN2O8/c28-19-2-1-3-20(30(35)36)25(19)38-14-6-4-13(5-7-14)21(31)12-37-22(32)11-29-26(33)23-15-8-9-16(18-10-17(15)18)24(23)27(29)34/h1-9,15-18,23-24H,10-12H2/t15-,16+,17+,18-,23-,24+. The van der Waals surface area contributed by atoms with E-state index in [1.165, 1.54) is 42.5 Å². The summed E-state index contributed by atoms with van der Waals surface area (Å²) >= 11 is 6.04. The van der Waals surface area contributed by atoms with Crippen molar-refractivity contribution in [1.29, 1.82) is 0 Å². The fourth-order valence-corrected chi connectivity index (χ4v) is 6.36. The van der Waals surface area contributed by atoms with E-state index >= 15 is 0 Å². The maximum Gasteiger partial charge on any atom is 0.326 e. The molecule has 3 fully saturated rings. The highest BCUT2D eigenvalue weighted by Crippen LogP contribution is 2.65. The lowest BCUT2D eigenvalue weighted by Gasteiger charge is -2.37. The maximum absolute atomic E-state index is 13.0. The van der Waals surface area contributed by atoms with E-state index in [1.807, 2.05) is 0 Å². The second-order valence-electron chi connectivity index (χ2n) is 9.97. The Morgan fingerprint density at radius 2 is 1.63 bits per heavy atom. The van der Waals surface area contributed by atoms with Gasteiger partial charge in [-0.2, -0.15) is 0 Å². The van der Waals surface area contributed by atoms with Crippen LogP contribution in [-0.4, -0.2) is 46.5 Å². The molecule has 0 radical (unpaired) electrons. The topological polar surface area (TPSA) is 133 Å². The minimum Gasteiger partial charge on any atom is -0.456 e. The predicted molar refractivity (Wildman–Crippen MR) is 131 cm³/mol. The summed E-state index contributed by atoms with van der Waals surface area (Å²) in [5.74, 6) is -1.68. The van der Waals surface area contributed by atoms with Crippen molar-refractivity contribution in [3.05, 3.63) is 75.3 Å². The minimum atomic E-state index is -0.838. The van der Waals surface area contributed by atoms with Crippen molar-refractivity contribution >= 4 is 40.9 Å². The summed E-state index contributed by atoms with van der Waals surface area (Å²) in [6.07, 6.45) is 5.16. The molecule has 2 saturated carbocycles. The van der Waals surface area contributed by atoms with Gasteiger partial charge in [0.05, 0.1) is 21.8 Å². The molecule has 194 valence electrons. The molecule has 10 nitrogen and oxygen atoms in total. The normalized spacial score (nSPS) is 28.1. The van der Waals surface area contributed by atoms with Crippen molar-refractivity contribution in [3.8, 4) is 11.5 Å². The van der Waals surface area contributed by atoms with E-state index in [2.05, 4.69) is 12.2 Å². The first-order valence-corrected chi connectivity index (χ1v) is 12.6. The number of carbonyl (C=O) groups excluding carboxylic acids is 4. The van der Waals surface area contributed by atoms with Gasteiger partial charge in [-0.05, 0) is 60.4 Å². The van der Waals surface area contributed by atoms with Crippen LogP contribution in [0.15, 0.2) is 54.6 Å². The predicted octanol–water partition coefficient (Wildman–Crippen LogP) is 3.82. The third kappa shape index (κ3) is 3.96. The second kappa shape index (κ2) is 9.05. The van der Waals surface area contributed by atoms with Crippen molar-refractivity contribution in [3.63, 3.8) is 0 Å². The molecule has 1 saturated heterocycles. The first-order valence-electron chi connectivity index (χ1n) is 12.2. The number of para-hydroxylation sites is 1. The van der Waals surface area contributed by atoms with Crippen LogP contribution in [0, 0.1) is 45.6 Å². The average molecular weight is 537 g/mol. The van der Waals surface area contributed by atoms with E-state index in [0.29, 0.717) is 11.8 Å². The van der Waals surface area contributed by atoms with Crippen LogP contribution in [0.5, 0.6) is 11.5 Å². The Morgan fingerprint density at radius 1 is 1.00 bits per heavy atom. The largest absolute Gasteiger partial charge is 0.456 e. The van der Waals surface area contributed by atoms with Crippen LogP contribution in [0.2, 0.25) is 5.02 Å². The molecule has 1 aliphatic heterocycles. The van der Waals surface area contributed by atoms with Crippen LogP contribution in [0.4, 0.5) is 5.69 Å². The number of carbonyl (C=O) groups is 4. The zero-order valence-electron chi connectivity index (χ0n) is 19.8. The number of esters is 1. The molecule has 38 heavy (non-hydrogen) atoms. The van der Waals surface area contributed by atoms with Crippen LogP contribution < -0.4 is 4.74 Å². The number of amides is 2. The fourth-order valence-electron chi connectivity index (χ4n) is 6.15. The highest BCUT2D eigenvalue weighted by atomic mass is 35.5. The van der Waals surface area contributed by atoms with E-state index in [4.69, 9.17) is 21.1 Å². The molecule has 0 aromatic heterocycles. The number of hydrogen-bond acceptors (Lipinski definition) is 8. The molecule has 0 unspecified atom stereocenters. The molecule has 0 spiro atoms. The lowest BCUT2D eigenvalue weighted by Crippen LogP contribution is -2.40. The third-order valence-electron chi connectivity index (χ3n) is 7.94. The van der Waals surface area contributed by atoms with Crippen LogP contribution in [0.1, 0.15) is 16.8 Å². The summed E-state index contributed by atoms with van der Waals surface area (Å²) in [6, 6.07) is 9.84. The summed E-state index contributed by atoms with van der Waals surface area (Å²) < 4.78 is 10.6. The number of benzene rings is 2. The van der Waals surface area contributed by atoms with Gasteiger partial charge >= 0.3 is 11.7 Å². The van der Waals surface area contributed by atoms with Crippen molar-refractivity contribution < 1.29 is 33.6 Å². The van der Waals surface area contributed by atoms with Crippen LogP contribution in [0.3, 0.4) is 0 Å².